The summed E-state index contributed by atoms with van der Waals surface area (Å²) in [7, 11) is -3.31. The molecule has 1 atom stereocenters. The zero-order valence-corrected chi connectivity index (χ0v) is 13.6. The largest absolute Gasteiger partial charge is 0.378 e. The molecule has 2 aromatic carbocycles. The fourth-order valence-electron chi connectivity index (χ4n) is 2.06. The van der Waals surface area contributed by atoms with Crippen LogP contribution in [0, 0.1) is 11.6 Å². The van der Waals surface area contributed by atoms with Crippen LogP contribution in [0.2, 0.25) is 0 Å². The molecule has 0 bridgehead atoms. The van der Waals surface area contributed by atoms with E-state index in [0.29, 0.717) is 11.4 Å². The van der Waals surface area contributed by atoms with Crippen molar-refractivity contribution in [1.29, 1.82) is 0 Å². The van der Waals surface area contributed by atoms with Gasteiger partial charge in [0.1, 0.15) is 11.6 Å². The first kappa shape index (κ1) is 17.2. The number of rotatable bonds is 6. The van der Waals surface area contributed by atoms with Crippen molar-refractivity contribution in [1.82, 2.24) is 0 Å². The lowest BCUT2D eigenvalue weighted by atomic mass is 10.1. The molecule has 0 aromatic heterocycles. The highest BCUT2D eigenvalue weighted by Gasteiger charge is 2.09. The second-order valence-corrected chi connectivity index (χ2v) is 7.16. The summed E-state index contributed by atoms with van der Waals surface area (Å²) in [4.78, 5) is 0. The Bertz CT molecular complexity index is 757. The molecule has 124 valence electrons. The van der Waals surface area contributed by atoms with Gasteiger partial charge in [0, 0.05) is 23.5 Å². The quantitative estimate of drug-likeness (QED) is 0.838. The SMILES string of the molecule is CCS(=O)(=O)Nc1ccc([C@H](C)Nc2cc(F)cc(F)c2)cc1. The standard InChI is InChI=1S/C16H18F2N2O2S/c1-3-23(21,22)20-15-6-4-12(5-7-15)11(2)19-16-9-13(17)8-14(18)10-16/h4-11,19-20H,3H2,1-2H3/t11-/m0/s1. The van der Waals surface area contributed by atoms with Crippen molar-refractivity contribution >= 4 is 21.4 Å². The van der Waals surface area contributed by atoms with Crippen molar-refractivity contribution in [2.75, 3.05) is 15.8 Å². The van der Waals surface area contributed by atoms with E-state index in [9.17, 15) is 17.2 Å². The Labute approximate surface area is 134 Å². The normalized spacial score (nSPS) is 12.7. The molecule has 0 unspecified atom stereocenters. The number of hydrogen-bond acceptors (Lipinski definition) is 3. The fraction of sp³-hybridized carbons (Fsp3) is 0.250. The van der Waals surface area contributed by atoms with E-state index >= 15 is 0 Å². The van der Waals surface area contributed by atoms with Gasteiger partial charge in [-0.15, -0.1) is 0 Å². The zero-order chi connectivity index (χ0) is 17.0. The maximum absolute atomic E-state index is 13.2. The Morgan fingerprint density at radius 3 is 2.09 bits per heavy atom. The number of halogens is 2. The summed E-state index contributed by atoms with van der Waals surface area (Å²) in [6, 6.07) is 9.83. The predicted octanol–water partition coefficient (Wildman–Crippen LogP) is 3.90. The van der Waals surface area contributed by atoms with Gasteiger partial charge >= 0.3 is 0 Å². The number of anilines is 2. The van der Waals surface area contributed by atoms with E-state index in [1.54, 1.807) is 31.2 Å². The number of hydrogen-bond donors (Lipinski definition) is 2. The van der Waals surface area contributed by atoms with E-state index in [-0.39, 0.29) is 11.8 Å². The third-order valence-electron chi connectivity index (χ3n) is 3.31. The molecular weight excluding hydrogens is 322 g/mol. The lowest BCUT2D eigenvalue weighted by Crippen LogP contribution is -2.14. The highest BCUT2D eigenvalue weighted by atomic mass is 32.2. The van der Waals surface area contributed by atoms with Gasteiger partial charge in [0.25, 0.3) is 0 Å². The summed E-state index contributed by atoms with van der Waals surface area (Å²) in [5, 5.41) is 3.00. The summed E-state index contributed by atoms with van der Waals surface area (Å²) in [5.74, 6) is -1.30. The van der Waals surface area contributed by atoms with Crippen LogP contribution in [0.25, 0.3) is 0 Å². The second kappa shape index (κ2) is 6.95. The Balaban J connectivity index is 2.09. The van der Waals surface area contributed by atoms with Crippen molar-refractivity contribution in [2.24, 2.45) is 0 Å². The minimum absolute atomic E-state index is 0.00214. The minimum atomic E-state index is -3.31. The highest BCUT2D eigenvalue weighted by molar-refractivity contribution is 7.92. The van der Waals surface area contributed by atoms with E-state index in [1.807, 2.05) is 6.92 Å². The van der Waals surface area contributed by atoms with Gasteiger partial charge in [-0.25, -0.2) is 17.2 Å². The second-order valence-electron chi connectivity index (χ2n) is 5.15. The molecule has 0 amide bonds. The topological polar surface area (TPSA) is 58.2 Å². The maximum atomic E-state index is 13.2. The molecule has 0 aliphatic heterocycles. The third kappa shape index (κ3) is 4.92. The summed E-state index contributed by atoms with van der Waals surface area (Å²) >= 11 is 0. The molecule has 0 aliphatic rings. The number of nitrogens with one attached hydrogen (secondary N) is 2. The molecule has 0 fully saturated rings. The first-order chi connectivity index (χ1) is 10.8. The van der Waals surface area contributed by atoms with Gasteiger partial charge < -0.3 is 5.32 Å². The van der Waals surface area contributed by atoms with Gasteiger partial charge in [-0.05, 0) is 43.7 Å². The van der Waals surface area contributed by atoms with Gasteiger partial charge in [-0.1, -0.05) is 12.1 Å². The zero-order valence-electron chi connectivity index (χ0n) is 12.8. The summed E-state index contributed by atoms with van der Waals surface area (Å²) in [5.41, 5.74) is 1.67. The molecule has 2 rings (SSSR count). The van der Waals surface area contributed by atoms with Crippen molar-refractivity contribution < 1.29 is 17.2 Å². The number of sulfonamides is 1. The first-order valence-electron chi connectivity index (χ1n) is 7.12. The molecule has 0 spiro atoms. The van der Waals surface area contributed by atoms with Crippen molar-refractivity contribution in [2.45, 2.75) is 19.9 Å². The van der Waals surface area contributed by atoms with Gasteiger partial charge in [0.15, 0.2) is 0 Å². The van der Waals surface area contributed by atoms with Crippen LogP contribution in [0.15, 0.2) is 42.5 Å². The highest BCUT2D eigenvalue weighted by Crippen LogP contribution is 2.22. The molecule has 4 nitrogen and oxygen atoms in total. The van der Waals surface area contributed by atoms with Crippen LogP contribution in [0.3, 0.4) is 0 Å². The van der Waals surface area contributed by atoms with Gasteiger partial charge in [0.05, 0.1) is 5.75 Å². The van der Waals surface area contributed by atoms with Crippen LogP contribution < -0.4 is 10.0 Å². The van der Waals surface area contributed by atoms with Crippen LogP contribution in [0.5, 0.6) is 0 Å². The molecule has 0 heterocycles. The smallest absolute Gasteiger partial charge is 0.232 e. The van der Waals surface area contributed by atoms with Gasteiger partial charge in [-0.2, -0.15) is 0 Å². The predicted molar refractivity (Wildman–Crippen MR) is 87.9 cm³/mol. The Morgan fingerprint density at radius 2 is 1.57 bits per heavy atom. The van der Waals surface area contributed by atoms with Gasteiger partial charge in [0.2, 0.25) is 10.0 Å². The summed E-state index contributed by atoms with van der Waals surface area (Å²) in [6.07, 6.45) is 0. The first-order valence-corrected chi connectivity index (χ1v) is 8.77. The van der Waals surface area contributed by atoms with Crippen molar-refractivity contribution in [3.63, 3.8) is 0 Å². The lowest BCUT2D eigenvalue weighted by Gasteiger charge is -2.16. The van der Waals surface area contributed by atoms with Crippen LogP contribution in [-0.4, -0.2) is 14.2 Å². The van der Waals surface area contributed by atoms with Crippen LogP contribution in [0.1, 0.15) is 25.5 Å². The lowest BCUT2D eigenvalue weighted by molar-refractivity contribution is 0.583. The Morgan fingerprint density at radius 1 is 1.00 bits per heavy atom. The molecule has 7 heteroatoms. The van der Waals surface area contributed by atoms with E-state index in [4.69, 9.17) is 0 Å². The number of benzene rings is 2. The van der Waals surface area contributed by atoms with E-state index in [2.05, 4.69) is 10.0 Å². The molecule has 23 heavy (non-hydrogen) atoms. The van der Waals surface area contributed by atoms with E-state index in [1.165, 1.54) is 12.1 Å². The third-order valence-corrected chi connectivity index (χ3v) is 4.62. The summed E-state index contributed by atoms with van der Waals surface area (Å²) < 4.78 is 51.8. The summed E-state index contributed by atoms with van der Waals surface area (Å²) in [6.45, 7) is 3.40. The maximum Gasteiger partial charge on any atom is 0.232 e. The molecule has 0 aliphatic carbocycles. The molecule has 2 aromatic rings. The molecular formula is C16H18F2N2O2S. The average molecular weight is 340 g/mol. The van der Waals surface area contributed by atoms with Crippen molar-refractivity contribution in [3.05, 3.63) is 59.7 Å². The molecule has 2 N–H and O–H groups in total. The van der Waals surface area contributed by atoms with Crippen LogP contribution >= 0.6 is 0 Å². The van der Waals surface area contributed by atoms with Gasteiger partial charge in [-0.3, -0.25) is 4.72 Å². The molecule has 0 radical (unpaired) electrons. The average Bonchev–Trinajstić information content (AvgIpc) is 2.46. The molecule has 0 saturated carbocycles. The minimum Gasteiger partial charge on any atom is -0.378 e. The van der Waals surface area contributed by atoms with E-state index < -0.39 is 21.7 Å². The van der Waals surface area contributed by atoms with Crippen LogP contribution in [-0.2, 0) is 10.0 Å². The fourth-order valence-corrected chi connectivity index (χ4v) is 2.70. The van der Waals surface area contributed by atoms with Crippen molar-refractivity contribution in [3.8, 4) is 0 Å². The Hall–Kier alpha value is -2.15. The van der Waals surface area contributed by atoms with E-state index in [0.717, 1.165) is 11.6 Å². The molecule has 0 saturated heterocycles. The Kier molecular flexibility index (Phi) is 5.20. The monoisotopic (exact) mass is 340 g/mol. The van der Waals surface area contributed by atoms with Crippen LogP contribution in [0.4, 0.5) is 20.2 Å².